The summed E-state index contributed by atoms with van der Waals surface area (Å²) in [6.07, 6.45) is 3.64. The molecular formula is C19H26O3. The van der Waals surface area contributed by atoms with Crippen LogP contribution in [0.25, 0.3) is 0 Å². The molecule has 0 heterocycles. The quantitative estimate of drug-likeness (QED) is 0.690. The number of aliphatic hydroxyl groups is 2. The molecule has 3 nitrogen and oxygen atoms in total. The van der Waals surface area contributed by atoms with Gasteiger partial charge in [0.2, 0.25) is 0 Å². The summed E-state index contributed by atoms with van der Waals surface area (Å²) in [5, 5.41) is 30.5. The smallest absolute Gasteiger partial charge is 0.115 e. The van der Waals surface area contributed by atoms with E-state index in [-0.39, 0.29) is 10.8 Å². The number of phenols is 1. The number of hydrogen-bond acceptors (Lipinski definition) is 3. The lowest BCUT2D eigenvalue weighted by Gasteiger charge is -2.56. The van der Waals surface area contributed by atoms with Gasteiger partial charge in [0.05, 0.1) is 12.2 Å². The molecule has 0 radical (unpaired) electrons. The van der Waals surface area contributed by atoms with E-state index in [2.05, 4.69) is 19.9 Å². The molecule has 2 unspecified atom stereocenters. The molecule has 3 heteroatoms. The average Bonchev–Trinajstić information content (AvgIpc) is 2.72. The standard InChI is InChI=1S/C19H26O3/c1-18-7-5-11-9-12(20)3-4-13(11)14(18)6-8-19(2)16(18)10-15(21)17(19)22/h3-4,9,14-17,20-22H,5-8,10H2,1-2H3/t14?,15-,16?,17+,18-,19+/m1/s1. The Morgan fingerprint density at radius 3 is 2.64 bits per heavy atom. The summed E-state index contributed by atoms with van der Waals surface area (Å²) in [7, 11) is 0. The van der Waals surface area contributed by atoms with E-state index in [4.69, 9.17) is 0 Å². The van der Waals surface area contributed by atoms with Crippen molar-refractivity contribution in [2.24, 2.45) is 16.7 Å². The van der Waals surface area contributed by atoms with Crippen molar-refractivity contribution in [2.45, 2.75) is 64.1 Å². The second-order valence-corrected chi connectivity index (χ2v) is 8.29. The van der Waals surface area contributed by atoms with Crippen LogP contribution in [0.15, 0.2) is 18.2 Å². The van der Waals surface area contributed by atoms with Crippen LogP contribution in [0.4, 0.5) is 0 Å². The lowest BCUT2D eigenvalue weighted by atomic mass is 9.48. The minimum absolute atomic E-state index is 0.134. The van der Waals surface area contributed by atoms with Crippen LogP contribution in [0.5, 0.6) is 5.75 Å². The van der Waals surface area contributed by atoms with Crippen molar-refractivity contribution >= 4 is 0 Å². The Bertz CT molecular complexity index is 613. The molecule has 3 aliphatic rings. The van der Waals surface area contributed by atoms with Crippen LogP contribution in [0.3, 0.4) is 0 Å². The molecule has 1 aromatic rings. The predicted molar refractivity (Wildman–Crippen MR) is 84.7 cm³/mol. The van der Waals surface area contributed by atoms with Gasteiger partial charge in [-0.2, -0.15) is 0 Å². The van der Waals surface area contributed by atoms with Crippen LogP contribution in [-0.4, -0.2) is 27.5 Å². The van der Waals surface area contributed by atoms with Gasteiger partial charge in [0.25, 0.3) is 0 Å². The van der Waals surface area contributed by atoms with Crippen molar-refractivity contribution in [2.75, 3.05) is 0 Å². The second-order valence-electron chi connectivity index (χ2n) is 8.29. The average molecular weight is 302 g/mol. The third kappa shape index (κ3) is 1.70. The van der Waals surface area contributed by atoms with Gasteiger partial charge < -0.3 is 15.3 Å². The third-order valence-electron chi connectivity index (χ3n) is 7.31. The third-order valence-corrected chi connectivity index (χ3v) is 7.31. The van der Waals surface area contributed by atoms with Crippen LogP contribution >= 0.6 is 0 Å². The summed E-state index contributed by atoms with van der Waals surface area (Å²) in [5.74, 6) is 1.20. The van der Waals surface area contributed by atoms with Crippen molar-refractivity contribution in [3.8, 4) is 5.75 Å². The topological polar surface area (TPSA) is 60.7 Å². The van der Waals surface area contributed by atoms with Gasteiger partial charge in [0.15, 0.2) is 0 Å². The van der Waals surface area contributed by atoms with Crippen LogP contribution in [0, 0.1) is 16.7 Å². The Morgan fingerprint density at radius 1 is 1.09 bits per heavy atom. The number of phenolic OH excluding ortho intramolecular Hbond substituents is 1. The first-order chi connectivity index (χ1) is 10.4. The van der Waals surface area contributed by atoms with E-state index in [0.29, 0.717) is 17.6 Å². The van der Waals surface area contributed by atoms with Crippen molar-refractivity contribution < 1.29 is 15.3 Å². The zero-order chi connectivity index (χ0) is 15.7. The van der Waals surface area contributed by atoms with E-state index >= 15 is 0 Å². The minimum Gasteiger partial charge on any atom is -0.508 e. The molecule has 0 saturated heterocycles. The van der Waals surface area contributed by atoms with E-state index < -0.39 is 12.2 Å². The van der Waals surface area contributed by atoms with E-state index in [1.807, 2.05) is 6.07 Å². The van der Waals surface area contributed by atoms with Crippen molar-refractivity contribution in [3.63, 3.8) is 0 Å². The Labute approximate surface area is 132 Å². The SMILES string of the molecule is C[C@@]12CCc3cc(O)ccc3C1CC[C@@]1(C)C2C[C@@H](O)[C@@H]1O. The molecule has 3 N–H and O–H groups in total. The maximum absolute atomic E-state index is 10.5. The molecule has 2 saturated carbocycles. The molecule has 1 aromatic carbocycles. The summed E-state index contributed by atoms with van der Waals surface area (Å²) in [5.41, 5.74) is 2.64. The van der Waals surface area contributed by atoms with Gasteiger partial charge >= 0.3 is 0 Å². The number of fused-ring (bicyclic) bond motifs is 5. The normalized spacial score (nSPS) is 46.7. The van der Waals surface area contributed by atoms with Gasteiger partial charge in [-0.15, -0.1) is 0 Å². The minimum atomic E-state index is -0.587. The van der Waals surface area contributed by atoms with Crippen molar-refractivity contribution in [1.29, 1.82) is 0 Å². The molecule has 0 spiro atoms. The lowest BCUT2D eigenvalue weighted by molar-refractivity contribution is -0.0785. The molecule has 0 bridgehead atoms. The number of aryl methyl sites for hydroxylation is 1. The van der Waals surface area contributed by atoms with Gasteiger partial charge in [-0.1, -0.05) is 19.9 Å². The summed E-state index contributed by atoms with van der Waals surface area (Å²) in [6.45, 7) is 4.53. The Kier molecular flexibility index (Phi) is 2.96. The second kappa shape index (κ2) is 4.48. The van der Waals surface area contributed by atoms with Gasteiger partial charge in [-0.05, 0) is 78.0 Å². The number of rotatable bonds is 0. The Hall–Kier alpha value is -1.06. The fourth-order valence-corrected chi connectivity index (χ4v) is 6.07. The molecule has 3 aliphatic carbocycles. The lowest BCUT2D eigenvalue weighted by Crippen LogP contribution is -2.50. The first-order valence-electron chi connectivity index (χ1n) is 8.54. The number of benzene rings is 1. The molecule has 0 amide bonds. The van der Waals surface area contributed by atoms with Crippen LogP contribution in [0.1, 0.15) is 56.6 Å². The first kappa shape index (κ1) is 14.5. The summed E-state index contributed by atoms with van der Waals surface area (Å²) in [4.78, 5) is 0. The fraction of sp³-hybridized carbons (Fsp3) is 0.684. The number of aliphatic hydroxyl groups excluding tert-OH is 2. The maximum Gasteiger partial charge on any atom is 0.115 e. The highest BCUT2D eigenvalue weighted by atomic mass is 16.3. The first-order valence-corrected chi connectivity index (χ1v) is 8.54. The van der Waals surface area contributed by atoms with E-state index in [0.717, 1.165) is 32.1 Å². The highest BCUT2D eigenvalue weighted by Gasteiger charge is 2.62. The summed E-state index contributed by atoms with van der Waals surface area (Å²) >= 11 is 0. The predicted octanol–water partition coefficient (Wildman–Crippen LogP) is 2.97. The molecular weight excluding hydrogens is 276 g/mol. The van der Waals surface area contributed by atoms with Gasteiger partial charge in [-0.3, -0.25) is 0 Å². The summed E-state index contributed by atoms with van der Waals surface area (Å²) < 4.78 is 0. The van der Waals surface area contributed by atoms with Gasteiger partial charge in [0.1, 0.15) is 5.75 Å². The maximum atomic E-state index is 10.5. The molecule has 120 valence electrons. The van der Waals surface area contributed by atoms with Crippen LogP contribution in [-0.2, 0) is 6.42 Å². The molecule has 2 fully saturated rings. The largest absolute Gasteiger partial charge is 0.508 e. The zero-order valence-corrected chi connectivity index (χ0v) is 13.4. The van der Waals surface area contributed by atoms with E-state index in [1.165, 1.54) is 11.1 Å². The highest BCUT2D eigenvalue weighted by Crippen LogP contribution is 2.66. The van der Waals surface area contributed by atoms with E-state index in [9.17, 15) is 15.3 Å². The number of aromatic hydroxyl groups is 1. The van der Waals surface area contributed by atoms with Crippen LogP contribution < -0.4 is 0 Å². The van der Waals surface area contributed by atoms with Crippen LogP contribution in [0.2, 0.25) is 0 Å². The molecule has 4 rings (SSSR count). The number of hydrogen-bond donors (Lipinski definition) is 3. The Morgan fingerprint density at radius 2 is 1.86 bits per heavy atom. The van der Waals surface area contributed by atoms with Gasteiger partial charge in [-0.25, -0.2) is 0 Å². The molecule has 6 atom stereocenters. The fourth-order valence-electron chi connectivity index (χ4n) is 6.07. The zero-order valence-electron chi connectivity index (χ0n) is 13.4. The van der Waals surface area contributed by atoms with Crippen molar-refractivity contribution in [1.82, 2.24) is 0 Å². The Balaban J connectivity index is 1.78. The molecule has 0 aromatic heterocycles. The summed E-state index contributed by atoms with van der Waals surface area (Å²) in [6, 6.07) is 5.81. The van der Waals surface area contributed by atoms with Crippen molar-refractivity contribution in [3.05, 3.63) is 29.3 Å². The van der Waals surface area contributed by atoms with E-state index in [1.54, 1.807) is 6.07 Å². The van der Waals surface area contributed by atoms with Gasteiger partial charge in [0, 0.05) is 0 Å². The highest BCUT2D eigenvalue weighted by molar-refractivity contribution is 5.41. The molecule has 0 aliphatic heterocycles. The monoisotopic (exact) mass is 302 g/mol. The molecule has 22 heavy (non-hydrogen) atoms.